The van der Waals surface area contributed by atoms with Gasteiger partial charge in [0.05, 0.1) is 11.5 Å². The second kappa shape index (κ2) is 7.82. The minimum Gasteiger partial charge on any atom is -0.548 e. The number of urea groups is 1. The Morgan fingerprint density at radius 3 is 2.17 bits per heavy atom. The molecule has 24 heavy (non-hydrogen) atoms. The third kappa shape index (κ3) is 4.19. The van der Waals surface area contributed by atoms with E-state index in [0.717, 1.165) is 31.2 Å². The standard InChI is InChI=1S/C17H21FN2O3.K/c18-13-5-3-12(4-6-13)16(9-10-16)11-19-15(23)20-17(14(21)22)7-1-2-8-17;/h3-6H,1-2,7-11H2,(H,21,22)(H2,19,20,23);/q;+1/p-1. The maximum absolute atomic E-state index is 13.0. The van der Waals surface area contributed by atoms with Gasteiger partial charge in [-0.3, -0.25) is 0 Å². The molecular weight excluding hydrogens is 338 g/mol. The zero-order valence-corrected chi connectivity index (χ0v) is 17.0. The van der Waals surface area contributed by atoms with E-state index in [0.29, 0.717) is 19.4 Å². The SMILES string of the molecule is O=C(NCC1(c2ccc(F)cc2)CC1)NC1(C(=O)[O-])CCCC1.[K+]. The molecular formula is C17H20FKN2O3. The van der Waals surface area contributed by atoms with Gasteiger partial charge in [-0.1, -0.05) is 25.0 Å². The summed E-state index contributed by atoms with van der Waals surface area (Å²) in [5.41, 5.74) is -0.402. The molecule has 0 unspecified atom stereocenters. The van der Waals surface area contributed by atoms with Gasteiger partial charge < -0.3 is 20.5 Å². The van der Waals surface area contributed by atoms with Crippen molar-refractivity contribution in [2.24, 2.45) is 0 Å². The molecule has 0 radical (unpaired) electrons. The number of aliphatic carboxylic acids is 1. The first kappa shape index (κ1) is 19.8. The van der Waals surface area contributed by atoms with Crippen molar-refractivity contribution in [1.82, 2.24) is 10.6 Å². The average Bonchev–Trinajstić information content (AvgIpc) is 3.17. The Kier molecular flexibility index (Phi) is 6.47. The van der Waals surface area contributed by atoms with Crippen LogP contribution in [0.15, 0.2) is 24.3 Å². The molecule has 1 aromatic carbocycles. The van der Waals surface area contributed by atoms with Gasteiger partial charge in [0.15, 0.2) is 0 Å². The van der Waals surface area contributed by atoms with Crippen molar-refractivity contribution in [2.45, 2.75) is 49.5 Å². The summed E-state index contributed by atoms with van der Waals surface area (Å²) in [4.78, 5) is 23.4. The van der Waals surface area contributed by atoms with Gasteiger partial charge in [-0.15, -0.1) is 0 Å². The average molecular weight is 358 g/mol. The van der Waals surface area contributed by atoms with Crippen molar-refractivity contribution < 1.29 is 70.5 Å². The minimum atomic E-state index is -1.24. The summed E-state index contributed by atoms with van der Waals surface area (Å²) in [5.74, 6) is -1.50. The van der Waals surface area contributed by atoms with Gasteiger partial charge >= 0.3 is 57.4 Å². The van der Waals surface area contributed by atoms with Gasteiger partial charge in [-0.05, 0) is 43.4 Å². The smallest absolute Gasteiger partial charge is 0.548 e. The molecule has 0 bridgehead atoms. The third-order valence-electron chi connectivity index (χ3n) is 5.10. The van der Waals surface area contributed by atoms with Crippen LogP contribution in [0, 0.1) is 5.82 Å². The quantitative estimate of drug-likeness (QED) is 0.611. The number of hydrogen-bond donors (Lipinski definition) is 2. The third-order valence-corrected chi connectivity index (χ3v) is 5.10. The predicted octanol–water partition coefficient (Wildman–Crippen LogP) is -1.78. The number of amides is 2. The van der Waals surface area contributed by atoms with Crippen molar-refractivity contribution in [3.05, 3.63) is 35.6 Å². The molecule has 0 atom stereocenters. The van der Waals surface area contributed by atoms with Crippen LogP contribution in [0.3, 0.4) is 0 Å². The maximum Gasteiger partial charge on any atom is 1.00 e. The van der Waals surface area contributed by atoms with E-state index in [1.165, 1.54) is 12.1 Å². The molecule has 2 amide bonds. The normalized spacial score (nSPS) is 19.9. The Labute approximate surface area is 183 Å². The Morgan fingerprint density at radius 1 is 1.08 bits per heavy atom. The summed E-state index contributed by atoms with van der Waals surface area (Å²) in [5, 5.41) is 16.7. The monoisotopic (exact) mass is 358 g/mol. The maximum atomic E-state index is 13.0. The van der Waals surface area contributed by atoms with Crippen LogP contribution in [0.1, 0.15) is 44.1 Å². The molecule has 3 rings (SSSR count). The first-order chi connectivity index (χ1) is 11.0. The summed E-state index contributed by atoms with van der Waals surface area (Å²) in [6, 6.07) is 5.82. The largest absolute Gasteiger partial charge is 1.00 e. The van der Waals surface area contributed by atoms with Crippen LogP contribution < -0.4 is 67.1 Å². The molecule has 0 aliphatic heterocycles. The molecule has 0 aromatic heterocycles. The van der Waals surface area contributed by atoms with Crippen LogP contribution in [0.4, 0.5) is 9.18 Å². The summed E-state index contributed by atoms with van der Waals surface area (Å²) < 4.78 is 13.0. The van der Waals surface area contributed by atoms with Crippen LogP contribution in [0.25, 0.3) is 0 Å². The van der Waals surface area contributed by atoms with Gasteiger partial charge in [0.25, 0.3) is 0 Å². The summed E-state index contributed by atoms with van der Waals surface area (Å²) in [6.07, 6.45) is 4.20. The number of halogens is 1. The van der Waals surface area contributed by atoms with Gasteiger partial charge in [-0.2, -0.15) is 0 Å². The minimum absolute atomic E-state index is 0. The number of benzene rings is 1. The van der Waals surface area contributed by atoms with Crippen molar-refractivity contribution in [1.29, 1.82) is 0 Å². The van der Waals surface area contributed by atoms with E-state index in [2.05, 4.69) is 10.6 Å². The topological polar surface area (TPSA) is 81.3 Å². The molecule has 0 saturated heterocycles. The van der Waals surface area contributed by atoms with E-state index in [1.807, 2.05) is 0 Å². The molecule has 2 aliphatic carbocycles. The zero-order chi connectivity index (χ0) is 16.5. The van der Waals surface area contributed by atoms with Crippen molar-refractivity contribution in [2.75, 3.05) is 6.54 Å². The number of hydrogen-bond acceptors (Lipinski definition) is 3. The van der Waals surface area contributed by atoms with E-state index < -0.39 is 17.5 Å². The number of rotatable bonds is 5. The predicted molar refractivity (Wildman–Crippen MR) is 80.1 cm³/mol. The first-order valence-corrected chi connectivity index (χ1v) is 7.99. The van der Waals surface area contributed by atoms with Gasteiger partial charge in [0, 0.05) is 12.0 Å². The Balaban J connectivity index is 0.00000208. The molecule has 1 aromatic rings. The fourth-order valence-corrected chi connectivity index (χ4v) is 3.39. The molecule has 2 aliphatic rings. The number of carbonyl (C=O) groups excluding carboxylic acids is 2. The van der Waals surface area contributed by atoms with E-state index >= 15 is 0 Å². The van der Waals surface area contributed by atoms with E-state index in [4.69, 9.17) is 0 Å². The first-order valence-electron chi connectivity index (χ1n) is 7.99. The molecule has 2 fully saturated rings. The fourth-order valence-electron chi connectivity index (χ4n) is 3.39. The van der Waals surface area contributed by atoms with E-state index in [1.54, 1.807) is 12.1 Å². The number of nitrogens with one attached hydrogen (secondary N) is 2. The number of carboxylic acids is 1. The molecule has 5 nitrogen and oxygen atoms in total. The zero-order valence-electron chi connectivity index (χ0n) is 13.9. The molecule has 7 heteroatoms. The Bertz CT molecular complexity index is 611. The van der Waals surface area contributed by atoms with Crippen LogP contribution >= 0.6 is 0 Å². The molecule has 0 heterocycles. The molecule has 2 saturated carbocycles. The summed E-state index contributed by atoms with van der Waals surface area (Å²) in [7, 11) is 0. The van der Waals surface area contributed by atoms with Crippen molar-refractivity contribution in [3.8, 4) is 0 Å². The van der Waals surface area contributed by atoms with E-state index in [9.17, 15) is 19.1 Å². The second-order valence-corrected chi connectivity index (χ2v) is 6.67. The van der Waals surface area contributed by atoms with E-state index in [-0.39, 0.29) is 62.6 Å². The van der Waals surface area contributed by atoms with Gasteiger partial charge in [0.2, 0.25) is 0 Å². The van der Waals surface area contributed by atoms with Gasteiger partial charge in [0.1, 0.15) is 5.82 Å². The Hall–Kier alpha value is -0.474. The second-order valence-electron chi connectivity index (χ2n) is 6.67. The molecule has 2 N–H and O–H groups in total. The van der Waals surface area contributed by atoms with Crippen LogP contribution in [0.5, 0.6) is 0 Å². The van der Waals surface area contributed by atoms with Crippen LogP contribution in [-0.2, 0) is 10.2 Å². The number of carbonyl (C=O) groups is 2. The fraction of sp³-hybridized carbons (Fsp3) is 0.529. The van der Waals surface area contributed by atoms with Gasteiger partial charge in [-0.25, -0.2) is 9.18 Å². The summed E-state index contributed by atoms with van der Waals surface area (Å²) >= 11 is 0. The van der Waals surface area contributed by atoms with Crippen molar-refractivity contribution >= 4 is 12.0 Å². The summed E-state index contributed by atoms with van der Waals surface area (Å²) in [6.45, 7) is 0.410. The molecule has 0 spiro atoms. The molecule has 124 valence electrons. The van der Waals surface area contributed by atoms with Crippen LogP contribution in [-0.4, -0.2) is 24.1 Å². The van der Waals surface area contributed by atoms with Crippen molar-refractivity contribution in [3.63, 3.8) is 0 Å². The Morgan fingerprint density at radius 2 is 1.67 bits per heavy atom. The number of carboxylic acid groups (broad SMARTS) is 1. The van der Waals surface area contributed by atoms with Crippen LogP contribution in [0.2, 0.25) is 0 Å².